The number of allylic oxidation sites excluding steroid dienone is 3. The number of carboxylic acid groups (broad SMARTS) is 1. The predicted octanol–water partition coefficient (Wildman–Crippen LogP) is 5.93. The minimum Gasteiger partial charge on any atom is -0.481 e. The van der Waals surface area contributed by atoms with Crippen molar-refractivity contribution in [3.8, 4) is 0 Å². The largest absolute Gasteiger partial charge is 0.481 e. The summed E-state index contributed by atoms with van der Waals surface area (Å²) in [6.07, 6.45) is 7.50. The monoisotopic (exact) mass is 476 g/mol. The molecule has 34 heavy (non-hydrogen) atoms. The second-order valence-electron chi connectivity index (χ2n) is 8.71. The van der Waals surface area contributed by atoms with Crippen molar-refractivity contribution in [2.24, 2.45) is 11.8 Å². The molecule has 1 aliphatic rings. The van der Waals surface area contributed by atoms with E-state index < -0.39 is 42.0 Å². The fraction of sp³-hybridized carbons (Fsp3) is 0.519. The average Bonchev–Trinajstić information content (AvgIpc) is 3.11. The Hall–Kier alpha value is -2.67. The lowest BCUT2D eigenvalue weighted by atomic mass is 9.90. The molecule has 1 aromatic rings. The summed E-state index contributed by atoms with van der Waals surface area (Å²) in [5, 5.41) is 8.71. The van der Waals surface area contributed by atoms with E-state index in [1.807, 2.05) is 42.5 Å². The molecule has 1 aromatic carbocycles. The highest BCUT2D eigenvalue weighted by Gasteiger charge is 2.42. The third-order valence-electron chi connectivity index (χ3n) is 6.01. The van der Waals surface area contributed by atoms with Gasteiger partial charge >= 0.3 is 11.9 Å². The maximum Gasteiger partial charge on any atom is 0.309 e. The molecule has 1 aliphatic carbocycles. The molecule has 2 rings (SSSR count). The second kappa shape index (κ2) is 13.9. The van der Waals surface area contributed by atoms with E-state index in [4.69, 9.17) is 9.84 Å². The van der Waals surface area contributed by atoms with Crippen LogP contribution < -0.4 is 0 Å². The fourth-order valence-electron chi connectivity index (χ4n) is 4.03. The highest BCUT2D eigenvalue weighted by atomic mass is 19.3. The number of carboxylic acids is 1. The smallest absolute Gasteiger partial charge is 0.309 e. The zero-order valence-corrected chi connectivity index (χ0v) is 19.6. The third-order valence-corrected chi connectivity index (χ3v) is 6.01. The molecule has 1 fully saturated rings. The number of halogens is 2. The van der Waals surface area contributed by atoms with Crippen LogP contribution in [0, 0.1) is 11.8 Å². The molecule has 0 radical (unpaired) electrons. The lowest BCUT2D eigenvalue weighted by Gasteiger charge is -2.21. The summed E-state index contributed by atoms with van der Waals surface area (Å²) in [6, 6.07) is 9.45. The van der Waals surface area contributed by atoms with Crippen LogP contribution in [0.2, 0.25) is 0 Å². The molecule has 0 aromatic heterocycles. The van der Waals surface area contributed by atoms with Crippen LogP contribution in [0.3, 0.4) is 0 Å². The van der Waals surface area contributed by atoms with Crippen molar-refractivity contribution in [2.75, 3.05) is 0 Å². The van der Waals surface area contributed by atoms with E-state index in [1.165, 1.54) is 6.08 Å². The van der Waals surface area contributed by atoms with Crippen LogP contribution >= 0.6 is 0 Å². The maximum absolute atomic E-state index is 14.1. The van der Waals surface area contributed by atoms with E-state index in [9.17, 15) is 23.2 Å². The van der Waals surface area contributed by atoms with Gasteiger partial charge in [0.05, 0.1) is 12.7 Å². The van der Waals surface area contributed by atoms with E-state index in [0.29, 0.717) is 25.7 Å². The van der Waals surface area contributed by atoms with E-state index in [1.54, 1.807) is 6.92 Å². The average molecular weight is 477 g/mol. The zero-order valence-electron chi connectivity index (χ0n) is 19.6. The van der Waals surface area contributed by atoms with Gasteiger partial charge in [0.1, 0.15) is 5.78 Å². The number of hydrogen-bond donors (Lipinski definition) is 1. The first-order chi connectivity index (χ1) is 16.2. The van der Waals surface area contributed by atoms with Gasteiger partial charge in [0.15, 0.2) is 0 Å². The Morgan fingerprint density at radius 3 is 2.59 bits per heavy atom. The SMILES string of the molecule is CCCCC(F)(F)C(=O)/C=C/[C@H]1[C@H](OCc2ccccc2)CC(=O)[C@@H]1CC=CCCCC(=O)O. The number of alkyl halides is 2. The van der Waals surface area contributed by atoms with Gasteiger partial charge in [-0.1, -0.05) is 61.9 Å². The van der Waals surface area contributed by atoms with E-state index in [0.717, 1.165) is 11.6 Å². The van der Waals surface area contributed by atoms with Gasteiger partial charge in [-0.15, -0.1) is 0 Å². The first-order valence-corrected chi connectivity index (χ1v) is 11.9. The first kappa shape index (κ1) is 27.6. The Morgan fingerprint density at radius 1 is 1.18 bits per heavy atom. The normalized spacial score (nSPS) is 21.0. The summed E-state index contributed by atoms with van der Waals surface area (Å²) in [7, 11) is 0. The van der Waals surface area contributed by atoms with Gasteiger partial charge in [-0.25, -0.2) is 0 Å². The zero-order chi connectivity index (χ0) is 25.0. The summed E-state index contributed by atoms with van der Waals surface area (Å²) in [5.74, 6) is -6.54. The molecule has 7 heteroatoms. The summed E-state index contributed by atoms with van der Waals surface area (Å²) in [5.41, 5.74) is 0.932. The lowest BCUT2D eigenvalue weighted by molar-refractivity contribution is -0.138. The molecule has 1 saturated carbocycles. The minimum atomic E-state index is -3.42. The predicted molar refractivity (Wildman–Crippen MR) is 125 cm³/mol. The van der Waals surface area contributed by atoms with Gasteiger partial charge in [-0.3, -0.25) is 14.4 Å². The van der Waals surface area contributed by atoms with Crippen LogP contribution in [0.25, 0.3) is 0 Å². The number of Topliss-reactive ketones (excluding diaryl/α,β-unsaturated/α-hetero) is 1. The van der Waals surface area contributed by atoms with Crippen LogP contribution in [0.15, 0.2) is 54.6 Å². The maximum atomic E-state index is 14.1. The number of ether oxygens (including phenoxy) is 1. The quantitative estimate of drug-likeness (QED) is 0.193. The van der Waals surface area contributed by atoms with Crippen molar-refractivity contribution in [3.05, 3.63) is 60.2 Å². The van der Waals surface area contributed by atoms with E-state index >= 15 is 0 Å². The molecule has 5 nitrogen and oxygen atoms in total. The molecule has 0 unspecified atom stereocenters. The Kier molecular flexibility index (Phi) is 11.3. The highest BCUT2D eigenvalue weighted by molar-refractivity contribution is 5.95. The van der Waals surface area contributed by atoms with Crippen molar-refractivity contribution < 1.29 is 33.0 Å². The highest BCUT2D eigenvalue weighted by Crippen LogP contribution is 2.36. The molecule has 1 N–H and O–H groups in total. The molecule has 3 atom stereocenters. The van der Waals surface area contributed by atoms with Crippen molar-refractivity contribution in [2.45, 2.75) is 76.9 Å². The Balaban J connectivity index is 2.09. The molecule has 0 spiro atoms. The number of unbranched alkanes of at least 4 members (excludes halogenated alkanes) is 2. The van der Waals surface area contributed by atoms with Crippen molar-refractivity contribution >= 4 is 17.5 Å². The molecule has 186 valence electrons. The van der Waals surface area contributed by atoms with Gasteiger partial charge < -0.3 is 9.84 Å². The van der Waals surface area contributed by atoms with Crippen LogP contribution in [0.4, 0.5) is 8.78 Å². The van der Waals surface area contributed by atoms with Crippen LogP contribution in [0.1, 0.15) is 63.9 Å². The van der Waals surface area contributed by atoms with Gasteiger partial charge in [0, 0.05) is 31.1 Å². The van der Waals surface area contributed by atoms with E-state index in [2.05, 4.69) is 0 Å². The number of benzene rings is 1. The second-order valence-corrected chi connectivity index (χ2v) is 8.71. The summed E-state index contributed by atoms with van der Waals surface area (Å²) < 4.78 is 34.3. The topological polar surface area (TPSA) is 80.7 Å². The number of aliphatic carboxylic acids is 1. The molecule has 0 bridgehead atoms. The van der Waals surface area contributed by atoms with Gasteiger partial charge in [-0.2, -0.15) is 8.78 Å². The molecule has 0 heterocycles. The van der Waals surface area contributed by atoms with Gasteiger partial charge in [-0.05, 0) is 37.3 Å². The van der Waals surface area contributed by atoms with Crippen LogP contribution in [-0.4, -0.2) is 34.7 Å². The molecule has 0 aliphatic heterocycles. The van der Waals surface area contributed by atoms with Gasteiger partial charge in [0.25, 0.3) is 0 Å². The molecule has 0 saturated heterocycles. The van der Waals surface area contributed by atoms with Crippen molar-refractivity contribution in [3.63, 3.8) is 0 Å². The Bertz CT molecular complexity index is 863. The standard InChI is InChI=1S/C27H34F2O5/c1-2-3-17-27(28,29)25(31)16-15-22-21(13-9-4-5-10-14-26(32)33)23(30)18-24(22)34-19-20-11-7-6-8-12-20/h4,6-9,11-12,15-16,21-22,24H,2-3,5,10,13-14,17-19H2,1H3,(H,32,33)/b9-4?,16-15+/t21-,22-,24-/m1/s1. The minimum absolute atomic E-state index is 0.0342. The van der Waals surface area contributed by atoms with Crippen LogP contribution in [0.5, 0.6) is 0 Å². The van der Waals surface area contributed by atoms with Gasteiger partial charge in [0.2, 0.25) is 5.78 Å². The number of carbonyl (C=O) groups is 3. The summed E-state index contributed by atoms with van der Waals surface area (Å²) >= 11 is 0. The Morgan fingerprint density at radius 2 is 1.91 bits per heavy atom. The summed E-state index contributed by atoms with van der Waals surface area (Å²) in [6.45, 7) is 2.07. The number of hydrogen-bond acceptors (Lipinski definition) is 4. The number of carbonyl (C=O) groups excluding carboxylic acids is 2. The molecular formula is C27H34F2O5. The molecular weight excluding hydrogens is 442 g/mol. The Labute approximate surface area is 199 Å². The fourth-order valence-corrected chi connectivity index (χ4v) is 4.03. The van der Waals surface area contributed by atoms with Crippen LogP contribution in [-0.2, 0) is 25.7 Å². The third kappa shape index (κ3) is 8.93. The lowest BCUT2D eigenvalue weighted by Crippen LogP contribution is -2.28. The van der Waals surface area contributed by atoms with Crippen molar-refractivity contribution in [1.29, 1.82) is 0 Å². The number of ketones is 2. The summed E-state index contributed by atoms with van der Waals surface area (Å²) in [4.78, 5) is 35.5. The van der Waals surface area contributed by atoms with Crippen molar-refractivity contribution in [1.82, 2.24) is 0 Å². The number of rotatable bonds is 15. The first-order valence-electron chi connectivity index (χ1n) is 11.9. The molecule has 0 amide bonds. The van der Waals surface area contributed by atoms with E-state index in [-0.39, 0.29) is 31.7 Å².